The van der Waals surface area contributed by atoms with Gasteiger partial charge in [0.1, 0.15) is 11.6 Å². The Labute approximate surface area is 108 Å². The van der Waals surface area contributed by atoms with Crippen LogP contribution in [0.25, 0.3) is 11.3 Å². The van der Waals surface area contributed by atoms with Crippen molar-refractivity contribution in [3.05, 3.63) is 45.7 Å². The fourth-order valence-electron chi connectivity index (χ4n) is 1.47. The van der Waals surface area contributed by atoms with Crippen LogP contribution < -0.4 is 5.56 Å². The summed E-state index contributed by atoms with van der Waals surface area (Å²) in [5, 5.41) is 17.7. The Morgan fingerprint density at radius 1 is 1.17 bits per heavy atom. The predicted octanol–water partition coefficient (Wildman–Crippen LogP) is 1.09. The van der Waals surface area contributed by atoms with Crippen molar-refractivity contribution in [1.82, 2.24) is 9.97 Å². The molecule has 0 unspecified atom stereocenters. The average molecular weight is 253 g/mol. The monoisotopic (exact) mass is 253 g/mol. The normalized spacial score (nSPS) is 9.44. The molecule has 1 N–H and O–H groups in total. The summed E-state index contributed by atoms with van der Waals surface area (Å²) in [5.74, 6) is 0. The van der Waals surface area contributed by atoms with E-state index in [2.05, 4.69) is 9.97 Å². The lowest BCUT2D eigenvalue weighted by Crippen LogP contribution is -2.14. The summed E-state index contributed by atoms with van der Waals surface area (Å²) in [7, 11) is 0. The lowest BCUT2D eigenvalue weighted by molar-refractivity contribution is 0.940. The molecule has 2 rings (SSSR count). The molecule has 0 atom stereocenters. The molecule has 86 valence electrons. The molecular formula is C12H5N4OS-. The number of H-pyrrole nitrogens is 1. The van der Waals surface area contributed by atoms with Gasteiger partial charge in [-0.3, -0.25) is 9.78 Å². The second-order valence-corrected chi connectivity index (χ2v) is 3.78. The lowest BCUT2D eigenvalue weighted by atomic mass is 10.1. The van der Waals surface area contributed by atoms with Crippen molar-refractivity contribution in [3.63, 3.8) is 0 Å². The van der Waals surface area contributed by atoms with Gasteiger partial charge in [-0.15, -0.1) is 0 Å². The van der Waals surface area contributed by atoms with Crippen LogP contribution in [0.1, 0.15) is 11.1 Å². The SMILES string of the molecule is N#Cc1ccc(-c2nc([S-])[nH]c(=O)c2C#N)cc1. The molecule has 0 saturated heterocycles. The number of aromatic amines is 1. The van der Waals surface area contributed by atoms with Crippen molar-refractivity contribution in [2.24, 2.45) is 0 Å². The number of nitrogens with one attached hydrogen (secondary N) is 1. The van der Waals surface area contributed by atoms with Crippen molar-refractivity contribution < 1.29 is 0 Å². The molecule has 0 aliphatic carbocycles. The van der Waals surface area contributed by atoms with Gasteiger partial charge in [0.25, 0.3) is 5.56 Å². The van der Waals surface area contributed by atoms with Crippen LogP contribution in [0.3, 0.4) is 0 Å². The summed E-state index contributed by atoms with van der Waals surface area (Å²) < 4.78 is 0. The van der Waals surface area contributed by atoms with Crippen molar-refractivity contribution in [2.75, 3.05) is 0 Å². The van der Waals surface area contributed by atoms with E-state index in [1.165, 1.54) is 0 Å². The van der Waals surface area contributed by atoms with Gasteiger partial charge in [0.05, 0.1) is 17.3 Å². The Hall–Kier alpha value is -2.70. The molecule has 0 aliphatic heterocycles. The van der Waals surface area contributed by atoms with Crippen LogP contribution in [-0.4, -0.2) is 9.97 Å². The van der Waals surface area contributed by atoms with Crippen LogP contribution in [0.2, 0.25) is 0 Å². The maximum Gasteiger partial charge on any atom is 0.268 e. The molecule has 0 saturated carbocycles. The van der Waals surface area contributed by atoms with E-state index in [9.17, 15) is 4.79 Å². The van der Waals surface area contributed by atoms with Gasteiger partial charge < -0.3 is 17.6 Å². The van der Waals surface area contributed by atoms with E-state index in [1.54, 1.807) is 30.3 Å². The van der Waals surface area contributed by atoms with E-state index in [-0.39, 0.29) is 16.4 Å². The zero-order valence-electron chi connectivity index (χ0n) is 8.97. The zero-order chi connectivity index (χ0) is 13.1. The first-order valence-corrected chi connectivity index (χ1v) is 5.28. The van der Waals surface area contributed by atoms with E-state index < -0.39 is 5.56 Å². The first-order chi connectivity index (χ1) is 8.65. The minimum Gasteiger partial charge on any atom is -0.742 e. The predicted molar refractivity (Wildman–Crippen MR) is 65.4 cm³/mol. The van der Waals surface area contributed by atoms with Crippen LogP contribution in [0.15, 0.2) is 34.2 Å². The minimum absolute atomic E-state index is 0.0263. The number of hydrogen-bond donors (Lipinski definition) is 1. The standard InChI is InChI=1S/C12H6N4OS/c13-5-7-1-3-8(4-2-7)10-9(6-14)11(17)16-12(18)15-10/h1-4H,(H2,15,16,17,18)/p-1. The fraction of sp³-hybridized carbons (Fsp3) is 0. The third-order valence-electron chi connectivity index (χ3n) is 2.30. The third-order valence-corrected chi connectivity index (χ3v) is 2.49. The van der Waals surface area contributed by atoms with Gasteiger partial charge in [-0.05, 0) is 17.3 Å². The molecule has 0 fully saturated rings. The van der Waals surface area contributed by atoms with E-state index in [0.29, 0.717) is 11.1 Å². The van der Waals surface area contributed by atoms with Crippen molar-refractivity contribution in [3.8, 4) is 23.4 Å². The van der Waals surface area contributed by atoms with E-state index in [1.807, 2.05) is 6.07 Å². The minimum atomic E-state index is -0.558. The topological polar surface area (TPSA) is 93.3 Å². The van der Waals surface area contributed by atoms with Gasteiger partial charge in [-0.2, -0.15) is 10.5 Å². The van der Waals surface area contributed by atoms with E-state index >= 15 is 0 Å². The highest BCUT2D eigenvalue weighted by atomic mass is 32.1. The zero-order valence-corrected chi connectivity index (χ0v) is 9.78. The molecular weight excluding hydrogens is 248 g/mol. The number of benzene rings is 1. The second kappa shape index (κ2) is 4.66. The maximum absolute atomic E-state index is 11.6. The maximum atomic E-state index is 11.6. The number of aromatic nitrogens is 2. The second-order valence-electron chi connectivity index (χ2n) is 3.40. The van der Waals surface area contributed by atoms with E-state index in [0.717, 1.165) is 0 Å². The smallest absolute Gasteiger partial charge is 0.268 e. The highest BCUT2D eigenvalue weighted by Gasteiger charge is 2.10. The molecule has 0 radical (unpaired) electrons. The largest absolute Gasteiger partial charge is 0.742 e. The summed E-state index contributed by atoms with van der Waals surface area (Å²) in [6, 6.07) is 10.2. The van der Waals surface area contributed by atoms with Gasteiger partial charge in [-0.1, -0.05) is 12.1 Å². The molecule has 1 aromatic carbocycles. The summed E-state index contributed by atoms with van der Waals surface area (Å²) in [4.78, 5) is 17.8. The average Bonchev–Trinajstić information content (AvgIpc) is 2.38. The summed E-state index contributed by atoms with van der Waals surface area (Å²) in [6.45, 7) is 0. The number of rotatable bonds is 1. The molecule has 0 spiro atoms. The summed E-state index contributed by atoms with van der Waals surface area (Å²) in [6.07, 6.45) is 0. The molecule has 5 nitrogen and oxygen atoms in total. The Balaban J connectivity index is 2.67. The van der Waals surface area contributed by atoms with Crippen molar-refractivity contribution in [2.45, 2.75) is 5.16 Å². The van der Waals surface area contributed by atoms with E-state index in [4.69, 9.17) is 23.2 Å². The first-order valence-electron chi connectivity index (χ1n) is 4.87. The Morgan fingerprint density at radius 2 is 1.83 bits per heavy atom. The quantitative estimate of drug-likeness (QED) is 0.606. The van der Waals surface area contributed by atoms with Crippen LogP contribution in [0.4, 0.5) is 0 Å². The van der Waals surface area contributed by atoms with Crippen LogP contribution in [0, 0.1) is 22.7 Å². The third kappa shape index (κ3) is 2.05. The Morgan fingerprint density at radius 3 is 2.39 bits per heavy atom. The van der Waals surface area contributed by atoms with Crippen LogP contribution >= 0.6 is 0 Å². The number of nitrogens with zero attached hydrogens (tertiary/aromatic N) is 3. The molecule has 1 aromatic heterocycles. The van der Waals surface area contributed by atoms with Crippen LogP contribution in [0.5, 0.6) is 0 Å². The summed E-state index contributed by atoms with van der Waals surface area (Å²) >= 11 is 4.81. The molecule has 1 heterocycles. The van der Waals surface area contributed by atoms with Gasteiger partial charge in [-0.25, -0.2) is 0 Å². The Bertz CT molecular complexity index is 735. The Kier molecular flexibility index (Phi) is 3.05. The highest BCUT2D eigenvalue weighted by Crippen LogP contribution is 2.19. The van der Waals surface area contributed by atoms with Crippen molar-refractivity contribution >= 4 is 12.6 Å². The lowest BCUT2D eigenvalue weighted by Gasteiger charge is -2.08. The molecule has 0 bridgehead atoms. The van der Waals surface area contributed by atoms with Gasteiger partial charge >= 0.3 is 0 Å². The molecule has 0 amide bonds. The number of hydrogen-bond acceptors (Lipinski definition) is 5. The molecule has 6 heteroatoms. The number of nitriles is 2. The van der Waals surface area contributed by atoms with Gasteiger partial charge in [0, 0.05) is 5.56 Å². The van der Waals surface area contributed by atoms with Gasteiger partial charge in [0.2, 0.25) is 0 Å². The first kappa shape index (κ1) is 11.8. The fourth-order valence-corrected chi connectivity index (χ4v) is 1.65. The highest BCUT2D eigenvalue weighted by molar-refractivity contribution is 7.58. The van der Waals surface area contributed by atoms with Crippen LogP contribution in [-0.2, 0) is 12.6 Å². The molecule has 18 heavy (non-hydrogen) atoms. The molecule has 2 aromatic rings. The van der Waals surface area contributed by atoms with Gasteiger partial charge in [0.15, 0.2) is 0 Å². The summed E-state index contributed by atoms with van der Waals surface area (Å²) in [5.41, 5.74) is 0.643. The molecule has 0 aliphatic rings. The van der Waals surface area contributed by atoms with Crippen molar-refractivity contribution in [1.29, 1.82) is 10.5 Å².